The molecule has 1 aromatic rings. The van der Waals surface area contributed by atoms with Gasteiger partial charge in [-0.1, -0.05) is 31.9 Å². The Morgan fingerprint density at radius 3 is 2.17 bits per heavy atom. The number of likely N-dealkylation sites (tertiary alicyclic amines) is 1. The van der Waals surface area contributed by atoms with E-state index in [1.807, 2.05) is 7.85 Å². The molecular weight excluding hydrogens is 437 g/mol. The first kappa shape index (κ1) is 29.1. The summed E-state index contributed by atoms with van der Waals surface area (Å²) in [5, 5.41) is 8.92. The maximum absolute atomic E-state index is 12.7. The monoisotopic (exact) mass is 469 g/mol. The summed E-state index contributed by atoms with van der Waals surface area (Å²) in [4.78, 5) is 14.0. The maximum Gasteiger partial charge on any atom is 0.416 e. The van der Waals surface area contributed by atoms with E-state index in [1.54, 1.807) is 12.1 Å². The number of aliphatic carboxylic acids is 1. The molecule has 0 bridgehead atoms. The first-order valence-electron chi connectivity index (χ1n) is 10.3. The molecule has 3 nitrogen and oxygen atoms in total. The molecule has 1 atom stereocenters. The minimum atomic E-state index is -4.29. The van der Waals surface area contributed by atoms with Crippen molar-refractivity contribution in [3.8, 4) is 0 Å². The number of carboxylic acid groups (broad SMARTS) is 1. The van der Waals surface area contributed by atoms with Crippen LogP contribution in [-0.4, -0.2) is 43.5 Å². The minimum absolute atomic E-state index is 0. The van der Waals surface area contributed by atoms with Crippen LogP contribution in [0.1, 0.15) is 56.6 Å². The summed E-state index contributed by atoms with van der Waals surface area (Å²) >= 11 is 0. The van der Waals surface area contributed by atoms with Gasteiger partial charge < -0.3 is 10.0 Å². The van der Waals surface area contributed by atoms with Gasteiger partial charge in [0, 0.05) is 5.31 Å². The lowest BCUT2D eigenvalue weighted by Gasteiger charge is -2.34. The van der Waals surface area contributed by atoms with Gasteiger partial charge in [0.05, 0.1) is 5.56 Å². The number of rotatable bonds is 9. The fraction of sp³-hybridized carbons (Fsp3) is 0.667. The third-order valence-corrected chi connectivity index (χ3v) is 6.09. The van der Waals surface area contributed by atoms with E-state index < -0.39 is 23.0 Å². The van der Waals surface area contributed by atoms with E-state index >= 15 is 0 Å². The van der Waals surface area contributed by atoms with Gasteiger partial charge in [-0.3, -0.25) is 4.79 Å². The molecule has 0 aromatic heterocycles. The Balaban J connectivity index is 0.00000420. The van der Waals surface area contributed by atoms with Crippen LogP contribution < -0.4 is 0 Å². The Bertz CT molecular complexity index is 638. The van der Waals surface area contributed by atoms with Crippen molar-refractivity contribution in [1.29, 1.82) is 0 Å². The van der Waals surface area contributed by atoms with Crippen molar-refractivity contribution in [2.45, 2.75) is 63.4 Å². The van der Waals surface area contributed by atoms with Crippen LogP contribution in [0.15, 0.2) is 24.3 Å². The van der Waals surface area contributed by atoms with E-state index in [0.29, 0.717) is 18.8 Å². The van der Waals surface area contributed by atoms with Gasteiger partial charge >= 0.3 is 12.1 Å². The molecule has 0 spiro atoms. The van der Waals surface area contributed by atoms with Gasteiger partial charge in [-0.2, -0.15) is 13.2 Å². The predicted molar refractivity (Wildman–Crippen MR) is 122 cm³/mol. The smallest absolute Gasteiger partial charge is 0.416 e. The van der Waals surface area contributed by atoms with E-state index in [4.69, 9.17) is 0 Å². The lowest BCUT2D eigenvalue weighted by molar-refractivity contribution is -0.141. The third-order valence-electron chi connectivity index (χ3n) is 6.09. The quantitative estimate of drug-likeness (QED) is 0.501. The van der Waals surface area contributed by atoms with E-state index in [9.17, 15) is 23.1 Å². The summed E-state index contributed by atoms with van der Waals surface area (Å²) in [6.45, 7) is 4.72. The van der Waals surface area contributed by atoms with E-state index in [-0.39, 0.29) is 24.8 Å². The van der Waals surface area contributed by atoms with Crippen LogP contribution in [0.5, 0.6) is 0 Å². The highest BCUT2D eigenvalue weighted by Gasteiger charge is 2.33. The van der Waals surface area contributed by atoms with E-state index in [0.717, 1.165) is 69.4 Å². The van der Waals surface area contributed by atoms with Crippen molar-refractivity contribution in [2.75, 3.05) is 19.6 Å². The fourth-order valence-electron chi connectivity index (χ4n) is 3.89. The van der Waals surface area contributed by atoms with Crippen molar-refractivity contribution in [3.05, 3.63) is 35.4 Å². The molecule has 1 aliphatic heterocycles. The second kappa shape index (κ2) is 12.8. The molecule has 0 amide bonds. The number of hydrogen-bond donors (Lipinski definition) is 1. The zero-order chi connectivity index (χ0) is 20.8. The zero-order valence-electron chi connectivity index (χ0n) is 17.7. The molecule has 0 aliphatic carbocycles. The average Bonchev–Trinajstić information content (AvgIpc) is 2.65. The lowest BCUT2D eigenvalue weighted by Crippen LogP contribution is -2.37. The summed E-state index contributed by atoms with van der Waals surface area (Å²) < 4.78 is 38.0. The molecule has 1 aliphatic rings. The molecule has 1 N–H and O–H groups in total. The molecule has 1 heterocycles. The van der Waals surface area contributed by atoms with Gasteiger partial charge in [0.25, 0.3) is 0 Å². The maximum atomic E-state index is 12.7. The topological polar surface area (TPSA) is 40.5 Å². The molecular formula is C21H33BCl2F3NO2. The molecule has 30 heavy (non-hydrogen) atoms. The Labute approximate surface area is 191 Å². The predicted octanol–water partition coefficient (Wildman–Crippen LogP) is 5.26. The highest BCUT2D eigenvalue weighted by atomic mass is 35.5. The van der Waals surface area contributed by atoms with Crippen LogP contribution in [-0.2, 0) is 17.4 Å². The minimum Gasteiger partial charge on any atom is -0.481 e. The second-order valence-corrected chi connectivity index (χ2v) is 8.40. The van der Waals surface area contributed by atoms with Gasteiger partial charge in [-0.05, 0) is 75.4 Å². The summed E-state index contributed by atoms with van der Waals surface area (Å²) in [6, 6.07) is 5.49. The number of nitrogens with zero attached hydrogens (tertiary/aromatic N) is 1. The highest BCUT2D eigenvalue weighted by molar-refractivity contribution is 6.26. The van der Waals surface area contributed by atoms with E-state index in [2.05, 4.69) is 11.8 Å². The summed E-state index contributed by atoms with van der Waals surface area (Å²) in [6.07, 6.45) is 1.81. The number of benzene rings is 1. The largest absolute Gasteiger partial charge is 0.481 e. The Kier molecular flexibility index (Phi) is 12.4. The van der Waals surface area contributed by atoms with Crippen LogP contribution in [0.2, 0.25) is 5.31 Å². The van der Waals surface area contributed by atoms with Crippen molar-refractivity contribution in [3.63, 3.8) is 0 Å². The summed E-state index contributed by atoms with van der Waals surface area (Å²) in [7, 11) is 1.85. The number of hydrogen-bond acceptors (Lipinski definition) is 2. The SMILES string of the molecule is BC(CCCC)(CCN1CCC(Cc2ccc(C(F)(F)F)cc2)CC1)C(=O)O.Cl.Cl. The molecule has 0 saturated carbocycles. The molecule has 1 aromatic carbocycles. The van der Waals surface area contributed by atoms with Gasteiger partial charge in [0.2, 0.25) is 0 Å². The van der Waals surface area contributed by atoms with Crippen LogP contribution in [0.25, 0.3) is 0 Å². The van der Waals surface area contributed by atoms with Crippen molar-refractivity contribution < 1.29 is 23.1 Å². The van der Waals surface area contributed by atoms with Crippen molar-refractivity contribution in [2.24, 2.45) is 5.92 Å². The molecule has 2 rings (SSSR count). The standard InChI is InChI=1S/C21H31BF3NO2.2ClH/c1-2-3-10-20(22,19(27)28)11-14-26-12-8-17(9-13-26)15-16-4-6-18(7-5-16)21(23,24)25;;/h4-7,17H,2-3,8-15,22H2,1H3,(H,27,28);2*1H. The molecule has 0 radical (unpaired) electrons. The van der Waals surface area contributed by atoms with Crippen molar-refractivity contribution in [1.82, 2.24) is 4.90 Å². The Hall–Kier alpha value is -0.915. The second-order valence-electron chi connectivity index (χ2n) is 8.40. The number of halogens is 5. The van der Waals surface area contributed by atoms with E-state index in [1.165, 1.54) is 0 Å². The Morgan fingerprint density at radius 1 is 1.13 bits per heavy atom. The molecule has 1 saturated heterocycles. The fourth-order valence-corrected chi connectivity index (χ4v) is 3.89. The van der Waals surface area contributed by atoms with Crippen LogP contribution in [0, 0.1) is 5.92 Å². The van der Waals surface area contributed by atoms with Crippen LogP contribution in [0.3, 0.4) is 0 Å². The molecule has 1 unspecified atom stereocenters. The zero-order valence-corrected chi connectivity index (χ0v) is 19.3. The van der Waals surface area contributed by atoms with Crippen molar-refractivity contribution >= 4 is 38.6 Å². The normalized spacial score (nSPS) is 17.5. The number of carboxylic acids is 1. The first-order chi connectivity index (χ1) is 13.1. The molecule has 9 heteroatoms. The Morgan fingerprint density at radius 2 is 1.70 bits per heavy atom. The lowest BCUT2D eigenvalue weighted by atomic mass is 9.63. The highest BCUT2D eigenvalue weighted by Crippen LogP contribution is 2.34. The summed E-state index contributed by atoms with van der Waals surface area (Å²) in [5.74, 6) is -0.239. The van der Waals surface area contributed by atoms with Gasteiger partial charge in [-0.15, -0.1) is 24.8 Å². The number of unbranched alkanes of at least 4 members (excludes halogenated alkanes) is 1. The van der Waals surface area contributed by atoms with Crippen LogP contribution >= 0.6 is 24.8 Å². The van der Waals surface area contributed by atoms with Gasteiger partial charge in [-0.25, -0.2) is 0 Å². The van der Waals surface area contributed by atoms with Gasteiger partial charge in [0.15, 0.2) is 0 Å². The molecule has 172 valence electrons. The third kappa shape index (κ3) is 8.68. The average molecular weight is 470 g/mol. The number of piperidine rings is 1. The van der Waals surface area contributed by atoms with Gasteiger partial charge in [0.1, 0.15) is 7.85 Å². The first-order valence-corrected chi connectivity index (χ1v) is 10.3. The van der Waals surface area contributed by atoms with Crippen LogP contribution in [0.4, 0.5) is 13.2 Å². The molecule has 1 fully saturated rings. The number of carbonyl (C=O) groups is 1. The summed E-state index contributed by atoms with van der Waals surface area (Å²) in [5.41, 5.74) is 0.347. The number of alkyl halides is 3.